The lowest BCUT2D eigenvalue weighted by Crippen LogP contribution is -2.17. The fourth-order valence-corrected chi connectivity index (χ4v) is 1.77. The van der Waals surface area contributed by atoms with Crippen LogP contribution in [0.3, 0.4) is 0 Å². The fraction of sp³-hybridized carbons (Fsp3) is 0.333. The second-order valence-corrected chi connectivity index (χ2v) is 3.90. The van der Waals surface area contributed by atoms with Crippen molar-refractivity contribution in [3.05, 3.63) is 47.5 Å². The van der Waals surface area contributed by atoms with Crippen molar-refractivity contribution >= 4 is 0 Å². The van der Waals surface area contributed by atoms with E-state index in [0.717, 1.165) is 16.8 Å². The molecule has 4 heteroatoms. The Morgan fingerprint density at radius 1 is 1.25 bits per heavy atom. The summed E-state index contributed by atoms with van der Waals surface area (Å²) in [5.41, 5.74) is 3.33. The van der Waals surface area contributed by atoms with Crippen LogP contribution in [0.1, 0.15) is 22.9 Å². The molecule has 0 fully saturated rings. The largest absolute Gasteiger partial charge is 0.309 e. The van der Waals surface area contributed by atoms with Crippen LogP contribution in [0.25, 0.3) is 0 Å². The van der Waals surface area contributed by atoms with E-state index in [1.807, 2.05) is 45.7 Å². The molecule has 1 atom stereocenters. The standard InChI is InChI=1S/C12H16N4/c1-9-4-5-10(6-14-9)12(13-2)11-7-15-16(3)8-11/h4-8,12-13H,1-3H3. The predicted octanol–water partition coefficient (Wildman–Crippen LogP) is 1.43. The van der Waals surface area contributed by atoms with Gasteiger partial charge in [-0.1, -0.05) is 6.07 Å². The van der Waals surface area contributed by atoms with Gasteiger partial charge in [-0.3, -0.25) is 9.67 Å². The molecule has 0 amide bonds. The molecule has 2 aromatic heterocycles. The van der Waals surface area contributed by atoms with Gasteiger partial charge in [-0.2, -0.15) is 5.10 Å². The van der Waals surface area contributed by atoms with E-state index in [4.69, 9.17) is 0 Å². The summed E-state index contributed by atoms with van der Waals surface area (Å²) in [4.78, 5) is 4.31. The number of rotatable bonds is 3. The maximum Gasteiger partial charge on any atom is 0.0620 e. The third-order valence-corrected chi connectivity index (χ3v) is 2.61. The Balaban J connectivity index is 2.32. The Bertz CT molecular complexity index is 458. The molecule has 1 N–H and O–H groups in total. The van der Waals surface area contributed by atoms with Crippen molar-refractivity contribution in [1.29, 1.82) is 0 Å². The van der Waals surface area contributed by atoms with Crippen molar-refractivity contribution in [2.75, 3.05) is 7.05 Å². The zero-order valence-electron chi connectivity index (χ0n) is 9.81. The van der Waals surface area contributed by atoms with Gasteiger partial charge in [-0.25, -0.2) is 0 Å². The van der Waals surface area contributed by atoms with Crippen LogP contribution in [-0.4, -0.2) is 21.8 Å². The second-order valence-electron chi connectivity index (χ2n) is 3.90. The molecule has 84 valence electrons. The van der Waals surface area contributed by atoms with Crippen LogP contribution in [0.5, 0.6) is 0 Å². The third kappa shape index (κ3) is 2.12. The Morgan fingerprint density at radius 2 is 2.06 bits per heavy atom. The van der Waals surface area contributed by atoms with Gasteiger partial charge in [-0.05, 0) is 25.6 Å². The quantitative estimate of drug-likeness (QED) is 0.844. The summed E-state index contributed by atoms with van der Waals surface area (Å²) in [5, 5.41) is 7.46. The molecule has 0 saturated heterocycles. The van der Waals surface area contributed by atoms with E-state index in [1.165, 1.54) is 0 Å². The number of aryl methyl sites for hydroxylation is 2. The lowest BCUT2D eigenvalue weighted by Gasteiger charge is -2.14. The summed E-state index contributed by atoms with van der Waals surface area (Å²) in [6.45, 7) is 1.99. The van der Waals surface area contributed by atoms with E-state index >= 15 is 0 Å². The van der Waals surface area contributed by atoms with Crippen molar-refractivity contribution < 1.29 is 0 Å². The van der Waals surface area contributed by atoms with Crippen molar-refractivity contribution in [2.45, 2.75) is 13.0 Å². The summed E-state index contributed by atoms with van der Waals surface area (Å²) in [6.07, 6.45) is 5.80. The first-order chi connectivity index (χ1) is 7.70. The number of nitrogens with zero attached hydrogens (tertiary/aromatic N) is 3. The zero-order chi connectivity index (χ0) is 11.5. The molecule has 4 nitrogen and oxygen atoms in total. The predicted molar refractivity (Wildman–Crippen MR) is 63.1 cm³/mol. The summed E-state index contributed by atoms with van der Waals surface area (Å²) in [7, 11) is 3.86. The molecule has 0 spiro atoms. The van der Waals surface area contributed by atoms with Crippen LogP contribution in [0.4, 0.5) is 0 Å². The topological polar surface area (TPSA) is 42.7 Å². The summed E-state index contributed by atoms with van der Waals surface area (Å²) in [6, 6.07) is 4.27. The molecule has 0 bridgehead atoms. The van der Waals surface area contributed by atoms with Crippen LogP contribution >= 0.6 is 0 Å². The molecule has 2 aromatic rings. The number of pyridine rings is 1. The van der Waals surface area contributed by atoms with Gasteiger partial charge in [0.1, 0.15) is 0 Å². The lowest BCUT2D eigenvalue weighted by atomic mass is 10.0. The van der Waals surface area contributed by atoms with Crippen LogP contribution in [0.15, 0.2) is 30.7 Å². The molecular weight excluding hydrogens is 200 g/mol. The molecule has 0 saturated carbocycles. The Hall–Kier alpha value is -1.68. The van der Waals surface area contributed by atoms with E-state index in [2.05, 4.69) is 21.5 Å². The minimum Gasteiger partial charge on any atom is -0.309 e. The lowest BCUT2D eigenvalue weighted by molar-refractivity contribution is 0.686. The summed E-state index contributed by atoms with van der Waals surface area (Å²) < 4.78 is 1.81. The van der Waals surface area contributed by atoms with E-state index in [-0.39, 0.29) is 6.04 Å². The average molecular weight is 216 g/mol. The smallest absolute Gasteiger partial charge is 0.0620 e. The number of nitrogens with one attached hydrogen (secondary N) is 1. The Kier molecular flexibility index (Phi) is 3.01. The van der Waals surface area contributed by atoms with Crippen molar-refractivity contribution in [3.63, 3.8) is 0 Å². The van der Waals surface area contributed by atoms with Gasteiger partial charge in [0.25, 0.3) is 0 Å². The minimum atomic E-state index is 0.154. The minimum absolute atomic E-state index is 0.154. The molecule has 2 rings (SSSR count). The highest BCUT2D eigenvalue weighted by Crippen LogP contribution is 2.20. The molecule has 0 aliphatic heterocycles. The van der Waals surface area contributed by atoms with Gasteiger partial charge in [0.2, 0.25) is 0 Å². The molecule has 1 unspecified atom stereocenters. The van der Waals surface area contributed by atoms with Crippen molar-refractivity contribution in [3.8, 4) is 0 Å². The number of aromatic nitrogens is 3. The first-order valence-electron chi connectivity index (χ1n) is 5.29. The zero-order valence-corrected chi connectivity index (χ0v) is 9.81. The summed E-state index contributed by atoms with van der Waals surface area (Å²) >= 11 is 0. The van der Waals surface area contributed by atoms with Gasteiger partial charge in [0.15, 0.2) is 0 Å². The van der Waals surface area contributed by atoms with Gasteiger partial charge in [0, 0.05) is 30.7 Å². The fourth-order valence-electron chi connectivity index (χ4n) is 1.77. The molecule has 2 heterocycles. The first-order valence-corrected chi connectivity index (χ1v) is 5.29. The highest BCUT2D eigenvalue weighted by molar-refractivity contribution is 5.27. The van der Waals surface area contributed by atoms with Crippen molar-refractivity contribution in [1.82, 2.24) is 20.1 Å². The van der Waals surface area contributed by atoms with Crippen LogP contribution in [0.2, 0.25) is 0 Å². The molecular formula is C12H16N4. The molecule has 16 heavy (non-hydrogen) atoms. The van der Waals surface area contributed by atoms with Crippen LogP contribution in [-0.2, 0) is 7.05 Å². The number of hydrogen-bond acceptors (Lipinski definition) is 3. The van der Waals surface area contributed by atoms with Gasteiger partial charge < -0.3 is 5.32 Å². The van der Waals surface area contributed by atoms with E-state index in [0.29, 0.717) is 0 Å². The molecule has 0 aliphatic carbocycles. The van der Waals surface area contributed by atoms with E-state index in [1.54, 1.807) is 4.68 Å². The maximum absolute atomic E-state index is 4.31. The maximum atomic E-state index is 4.31. The van der Waals surface area contributed by atoms with Gasteiger partial charge in [0.05, 0.1) is 12.2 Å². The average Bonchev–Trinajstić information content (AvgIpc) is 2.69. The van der Waals surface area contributed by atoms with Crippen molar-refractivity contribution in [2.24, 2.45) is 7.05 Å². The van der Waals surface area contributed by atoms with Crippen LogP contribution in [0, 0.1) is 6.92 Å². The highest BCUT2D eigenvalue weighted by Gasteiger charge is 2.13. The monoisotopic (exact) mass is 216 g/mol. The Morgan fingerprint density at radius 3 is 2.56 bits per heavy atom. The molecule has 0 aliphatic rings. The van der Waals surface area contributed by atoms with Gasteiger partial charge >= 0.3 is 0 Å². The second kappa shape index (κ2) is 4.45. The van der Waals surface area contributed by atoms with E-state index < -0.39 is 0 Å². The highest BCUT2D eigenvalue weighted by atomic mass is 15.2. The summed E-state index contributed by atoms with van der Waals surface area (Å²) in [5.74, 6) is 0. The third-order valence-electron chi connectivity index (χ3n) is 2.61. The normalized spacial score (nSPS) is 12.7. The first kappa shape index (κ1) is 10.8. The molecule has 0 aromatic carbocycles. The van der Waals surface area contributed by atoms with E-state index in [9.17, 15) is 0 Å². The number of hydrogen-bond donors (Lipinski definition) is 1. The SMILES string of the molecule is CNC(c1ccc(C)nc1)c1cnn(C)c1. The van der Waals surface area contributed by atoms with Gasteiger partial charge in [-0.15, -0.1) is 0 Å². The van der Waals surface area contributed by atoms with Crippen LogP contribution < -0.4 is 5.32 Å². The molecule has 0 radical (unpaired) electrons. The Labute approximate surface area is 95.3 Å².